The minimum absolute atomic E-state index is 1.12. The molecule has 3 heteroatoms. The lowest BCUT2D eigenvalue weighted by Gasteiger charge is -2.27. The third-order valence-corrected chi connectivity index (χ3v) is 11.7. The van der Waals surface area contributed by atoms with Crippen LogP contribution in [0.1, 0.15) is 0 Å². The van der Waals surface area contributed by atoms with E-state index in [1.165, 1.54) is 49.7 Å². The fraction of sp³-hybridized carbons (Fsp3) is 0. The highest BCUT2D eigenvalue weighted by molar-refractivity contribution is 6.00. The molecule has 0 unspecified atom stereocenters. The van der Waals surface area contributed by atoms with Gasteiger partial charge in [0.25, 0.3) is 0 Å². The maximum absolute atomic E-state index is 2.34. The zero-order chi connectivity index (χ0) is 43.6. The topological polar surface area (TPSA) is 9.72 Å². The van der Waals surface area contributed by atoms with Crippen molar-refractivity contribution in [3.05, 3.63) is 285 Å². The van der Waals surface area contributed by atoms with E-state index in [1.54, 1.807) is 0 Å². The smallest absolute Gasteiger partial charge is 0.0540 e. The van der Waals surface area contributed by atoms with Crippen molar-refractivity contribution in [1.82, 2.24) is 0 Å². The third-order valence-electron chi connectivity index (χ3n) is 11.7. The molecular formula is C62H47N3. The van der Waals surface area contributed by atoms with Gasteiger partial charge in [-0.25, -0.2) is 0 Å². The SMILES string of the molecule is c1ccc(N(c2ccc(-c3ccc(N(c4ccccc4)c4cccc5ccccc45)cc3)cc2)c2cccc3ccccc23)cc1.c1ccc(N(c2ccccc2)c2ccccc2)cc1. The van der Waals surface area contributed by atoms with Gasteiger partial charge in [-0.1, -0.05) is 188 Å². The molecule has 3 nitrogen and oxygen atoms in total. The van der Waals surface area contributed by atoms with Crippen molar-refractivity contribution in [1.29, 1.82) is 0 Å². The van der Waals surface area contributed by atoms with Crippen LogP contribution in [0, 0.1) is 0 Å². The molecule has 0 fully saturated rings. The summed E-state index contributed by atoms with van der Waals surface area (Å²) in [5.41, 5.74) is 12.7. The number of rotatable bonds is 10. The van der Waals surface area contributed by atoms with E-state index in [0.29, 0.717) is 0 Å². The Balaban J connectivity index is 0.000000218. The van der Waals surface area contributed by atoms with Gasteiger partial charge in [0, 0.05) is 50.6 Å². The summed E-state index contributed by atoms with van der Waals surface area (Å²) in [5.74, 6) is 0. The minimum atomic E-state index is 1.12. The van der Waals surface area contributed by atoms with Crippen molar-refractivity contribution in [3.63, 3.8) is 0 Å². The molecular weight excluding hydrogens is 787 g/mol. The lowest BCUT2D eigenvalue weighted by Crippen LogP contribution is -2.10. The minimum Gasteiger partial charge on any atom is -0.311 e. The predicted molar refractivity (Wildman–Crippen MR) is 277 cm³/mol. The van der Waals surface area contributed by atoms with Gasteiger partial charge in [-0.3, -0.25) is 0 Å². The largest absolute Gasteiger partial charge is 0.311 e. The summed E-state index contributed by atoms with van der Waals surface area (Å²) in [7, 11) is 0. The molecule has 65 heavy (non-hydrogen) atoms. The first-order valence-electron chi connectivity index (χ1n) is 22.1. The van der Waals surface area contributed by atoms with Gasteiger partial charge >= 0.3 is 0 Å². The van der Waals surface area contributed by atoms with E-state index in [4.69, 9.17) is 0 Å². The molecule has 0 saturated carbocycles. The first kappa shape index (κ1) is 40.4. The normalized spacial score (nSPS) is 10.8. The standard InChI is InChI=1S/C44H32N2.C18H15N/c1-3-17-37(18-4-1)45(43-23-11-15-35-13-7-9-21-41(35)43)39-29-25-33(26-30-39)34-27-31-40(32-28-34)46(38-19-5-2-6-20-38)44-24-12-16-36-14-8-10-22-42(36)44;1-4-10-16(11-5-1)19(17-12-6-2-7-13-17)18-14-8-3-9-15-18/h1-32H;1-15H. The summed E-state index contributed by atoms with van der Waals surface area (Å²) in [6.45, 7) is 0. The van der Waals surface area contributed by atoms with Crippen molar-refractivity contribution in [2.24, 2.45) is 0 Å². The molecule has 11 rings (SSSR count). The second-order valence-corrected chi connectivity index (χ2v) is 15.8. The van der Waals surface area contributed by atoms with E-state index < -0.39 is 0 Å². The Morgan fingerprint density at radius 2 is 0.415 bits per heavy atom. The summed E-state index contributed by atoms with van der Waals surface area (Å²) in [6, 6.07) is 100. The fourth-order valence-electron chi connectivity index (χ4n) is 8.60. The summed E-state index contributed by atoms with van der Waals surface area (Å²) in [6.07, 6.45) is 0. The van der Waals surface area contributed by atoms with Gasteiger partial charge < -0.3 is 14.7 Å². The van der Waals surface area contributed by atoms with E-state index in [0.717, 1.165) is 34.1 Å². The molecule has 0 saturated heterocycles. The molecule has 11 aromatic rings. The van der Waals surface area contributed by atoms with Crippen LogP contribution in [0.15, 0.2) is 285 Å². The molecule has 0 bridgehead atoms. The van der Waals surface area contributed by atoms with Crippen LogP contribution in [-0.2, 0) is 0 Å². The van der Waals surface area contributed by atoms with Gasteiger partial charge in [-0.15, -0.1) is 0 Å². The van der Waals surface area contributed by atoms with Crippen molar-refractivity contribution >= 4 is 72.7 Å². The van der Waals surface area contributed by atoms with Crippen LogP contribution in [-0.4, -0.2) is 0 Å². The van der Waals surface area contributed by atoms with Gasteiger partial charge in [0.15, 0.2) is 0 Å². The van der Waals surface area contributed by atoms with Crippen LogP contribution in [0.3, 0.4) is 0 Å². The Hall–Kier alpha value is -8.66. The number of para-hydroxylation sites is 5. The average Bonchev–Trinajstić information content (AvgIpc) is 3.39. The highest BCUT2D eigenvalue weighted by Gasteiger charge is 2.17. The van der Waals surface area contributed by atoms with Crippen LogP contribution in [0.2, 0.25) is 0 Å². The quantitative estimate of drug-likeness (QED) is 0.136. The predicted octanol–water partition coefficient (Wildman–Crippen LogP) is 17.8. The zero-order valence-electron chi connectivity index (χ0n) is 36.0. The number of benzene rings is 11. The Morgan fingerprint density at radius 3 is 0.738 bits per heavy atom. The van der Waals surface area contributed by atoms with E-state index in [-0.39, 0.29) is 0 Å². The Bertz CT molecular complexity index is 2960. The molecule has 0 N–H and O–H groups in total. The maximum atomic E-state index is 2.34. The number of hydrogen-bond acceptors (Lipinski definition) is 3. The average molecular weight is 834 g/mol. The summed E-state index contributed by atoms with van der Waals surface area (Å²) in [5, 5.41) is 4.90. The highest BCUT2D eigenvalue weighted by atomic mass is 15.2. The first-order valence-corrected chi connectivity index (χ1v) is 22.1. The highest BCUT2D eigenvalue weighted by Crippen LogP contribution is 2.42. The van der Waals surface area contributed by atoms with Gasteiger partial charge in [0.1, 0.15) is 0 Å². The van der Waals surface area contributed by atoms with Crippen LogP contribution < -0.4 is 14.7 Å². The van der Waals surface area contributed by atoms with Crippen molar-refractivity contribution in [3.8, 4) is 11.1 Å². The molecule has 310 valence electrons. The molecule has 0 aromatic heterocycles. The second-order valence-electron chi connectivity index (χ2n) is 15.8. The fourth-order valence-corrected chi connectivity index (χ4v) is 8.60. The Morgan fingerprint density at radius 1 is 0.169 bits per heavy atom. The number of anilines is 9. The number of fused-ring (bicyclic) bond motifs is 2. The lowest BCUT2D eigenvalue weighted by molar-refractivity contribution is 1.28. The van der Waals surface area contributed by atoms with Crippen LogP contribution in [0.5, 0.6) is 0 Å². The summed E-state index contributed by atoms with van der Waals surface area (Å²) < 4.78 is 0. The van der Waals surface area contributed by atoms with E-state index >= 15 is 0 Å². The number of hydrogen-bond donors (Lipinski definition) is 0. The van der Waals surface area contributed by atoms with E-state index in [1.807, 2.05) is 18.2 Å². The monoisotopic (exact) mass is 833 g/mol. The van der Waals surface area contributed by atoms with Crippen LogP contribution in [0.4, 0.5) is 51.2 Å². The molecule has 0 radical (unpaired) electrons. The molecule has 0 aliphatic rings. The summed E-state index contributed by atoms with van der Waals surface area (Å²) in [4.78, 5) is 6.94. The van der Waals surface area contributed by atoms with Gasteiger partial charge in [0.2, 0.25) is 0 Å². The zero-order valence-corrected chi connectivity index (χ0v) is 36.0. The first-order chi connectivity index (χ1) is 32.3. The molecule has 11 aromatic carbocycles. The van der Waals surface area contributed by atoms with Crippen molar-refractivity contribution < 1.29 is 0 Å². The Labute approximate surface area is 382 Å². The van der Waals surface area contributed by atoms with Crippen LogP contribution >= 0.6 is 0 Å². The van der Waals surface area contributed by atoms with Crippen molar-refractivity contribution in [2.75, 3.05) is 14.7 Å². The van der Waals surface area contributed by atoms with E-state index in [9.17, 15) is 0 Å². The van der Waals surface area contributed by atoms with Gasteiger partial charge in [0.05, 0.1) is 11.4 Å². The van der Waals surface area contributed by atoms with Crippen LogP contribution in [0.25, 0.3) is 32.7 Å². The maximum Gasteiger partial charge on any atom is 0.0540 e. The van der Waals surface area contributed by atoms with Gasteiger partial charge in [-0.2, -0.15) is 0 Å². The molecule has 0 atom stereocenters. The molecule has 0 aliphatic carbocycles. The molecule has 0 aliphatic heterocycles. The Kier molecular flexibility index (Phi) is 11.9. The third kappa shape index (κ3) is 8.86. The summed E-state index contributed by atoms with van der Waals surface area (Å²) >= 11 is 0. The molecule has 0 spiro atoms. The molecule has 0 heterocycles. The van der Waals surface area contributed by atoms with Gasteiger partial charge in [-0.05, 0) is 119 Å². The second kappa shape index (κ2) is 19.2. The molecule has 0 amide bonds. The number of nitrogens with zero attached hydrogens (tertiary/aromatic N) is 3. The van der Waals surface area contributed by atoms with E-state index in [2.05, 4.69) is 282 Å². The lowest BCUT2D eigenvalue weighted by atomic mass is 10.0. The van der Waals surface area contributed by atoms with Crippen molar-refractivity contribution in [2.45, 2.75) is 0 Å².